The minimum atomic E-state index is -0.0504. The van der Waals surface area contributed by atoms with Crippen LogP contribution in [0.15, 0.2) is 97.1 Å². The van der Waals surface area contributed by atoms with Crippen molar-refractivity contribution >= 4 is 23.2 Å². The molecule has 0 bridgehead atoms. The molecule has 0 heterocycles. The number of carbonyl (C=O) groups excluding carboxylic acids is 2. The first-order valence-corrected chi connectivity index (χ1v) is 19.1. The number of hydrogen-bond acceptors (Lipinski definition) is 2. The van der Waals surface area contributed by atoms with Gasteiger partial charge in [0.2, 0.25) is 0 Å². The van der Waals surface area contributed by atoms with E-state index in [0.717, 1.165) is 37.6 Å². The van der Waals surface area contributed by atoms with Gasteiger partial charge in [-0.1, -0.05) is 156 Å². The summed E-state index contributed by atoms with van der Waals surface area (Å²) in [5, 5.41) is 14.2. The molecule has 2 N–H and O–H groups in total. The molecule has 0 aliphatic heterocycles. The van der Waals surface area contributed by atoms with Gasteiger partial charge in [-0.25, -0.2) is 0 Å². The maximum atomic E-state index is 12.5. The van der Waals surface area contributed by atoms with E-state index in [2.05, 4.69) is 113 Å². The third-order valence-corrected chi connectivity index (χ3v) is 8.19. The van der Waals surface area contributed by atoms with Crippen LogP contribution in [-0.2, 0) is 21.7 Å². The number of amides is 2. The molecule has 0 aliphatic rings. The van der Waals surface area contributed by atoms with Gasteiger partial charge in [0.15, 0.2) is 0 Å². The summed E-state index contributed by atoms with van der Waals surface area (Å²) in [6, 6.07) is 31.2. The maximum absolute atomic E-state index is 12.5. The van der Waals surface area contributed by atoms with Crippen LogP contribution < -0.4 is 10.6 Å². The molecule has 286 valence electrons. The van der Waals surface area contributed by atoms with Gasteiger partial charge < -0.3 is 21.3 Å². The Labute approximate surface area is 337 Å². The first-order chi connectivity index (χ1) is 24.8. The number of para-hydroxylation sites is 2. The van der Waals surface area contributed by atoms with Gasteiger partial charge in [-0.2, -0.15) is 26.2 Å². The number of benzene rings is 4. The van der Waals surface area contributed by atoms with Crippen LogP contribution in [0.25, 0.3) is 10.6 Å². The predicted octanol–water partition coefficient (Wildman–Crippen LogP) is 13.2. The minimum Gasteiger partial charge on any atom is -0.663 e. The van der Waals surface area contributed by atoms with Crippen molar-refractivity contribution in [1.29, 1.82) is 0 Å². The molecule has 0 fully saturated rings. The number of carbonyl (C=O) groups is 2. The van der Waals surface area contributed by atoms with Gasteiger partial charge in [-0.05, 0) is 70.2 Å². The standard InChI is InChI=1S/2C19H23NO.2C4H10N.Ti/c2*1-13(2)16-11-8-12-17(14(3)4)18(16)20-19(21)15-9-6-5-7-10-15;2*1-3-5-4-2;/h2*5-14H,1-4H3,(H,20,21);2*3-4H2,1-2H3;/q;;2*-1;+2. The Hall–Kier alpha value is -3.55. The molecule has 0 saturated carbocycles. The molecule has 4 aromatic rings. The van der Waals surface area contributed by atoms with Crippen molar-refractivity contribution in [3.63, 3.8) is 0 Å². The minimum absolute atomic E-state index is 0. The second kappa shape index (κ2) is 28.0. The topological polar surface area (TPSA) is 86.4 Å². The number of anilines is 2. The summed E-state index contributed by atoms with van der Waals surface area (Å²) in [5.74, 6) is 1.38. The van der Waals surface area contributed by atoms with Crippen LogP contribution in [0.3, 0.4) is 0 Å². The second-order valence-electron chi connectivity index (χ2n) is 13.6. The average Bonchev–Trinajstić information content (AvgIpc) is 3.13. The Kier molecular flexibility index (Phi) is 26.1. The summed E-state index contributed by atoms with van der Waals surface area (Å²) in [4.78, 5) is 24.9. The number of hydrogen-bond donors (Lipinski definition) is 2. The molecule has 0 spiro atoms. The van der Waals surface area contributed by atoms with Gasteiger partial charge in [0.25, 0.3) is 11.8 Å². The molecule has 0 saturated heterocycles. The van der Waals surface area contributed by atoms with Gasteiger partial charge in [-0.3, -0.25) is 9.59 Å². The molecular formula is C46H66N4O2Ti. The summed E-state index contributed by atoms with van der Waals surface area (Å²) in [7, 11) is 0. The largest absolute Gasteiger partial charge is 2.00 e. The van der Waals surface area contributed by atoms with Crippen LogP contribution in [-0.4, -0.2) is 38.0 Å². The van der Waals surface area contributed by atoms with E-state index in [0.29, 0.717) is 34.8 Å². The summed E-state index contributed by atoms with van der Waals surface area (Å²) in [6.45, 7) is 29.3. The van der Waals surface area contributed by atoms with Crippen LogP contribution >= 0.6 is 0 Å². The summed E-state index contributed by atoms with van der Waals surface area (Å²) < 4.78 is 0. The maximum Gasteiger partial charge on any atom is 2.00 e. The van der Waals surface area contributed by atoms with Crippen LogP contribution in [0.1, 0.15) is 150 Å². The smallest absolute Gasteiger partial charge is 0.663 e. The van der Waals surface area contributed by atoms with Crippen molar-refractivity contribution < 1.29 is 31.3 Å². The van der Waals surface area contributed by atoms with Crippen LogP contribution in [0.2, 0.25) is 0 Å². The van der Waals surface area contributed by atoms with Crippen molar-refractivity contribution in [2.45, 2.75) is 107 Å². The Bertz CT molecular complexity index is 1400. The Morgan fingerprint density at radius 2 is 0.679 bits per heavy atom. The van der Waals surface area contributed by atoms with E-state index in [9.17, 15) is 9.59 Å². The Morgan fingerprint density at radius 3 is 0.868 bits per heavy atom. The van der Waals surface area contributed by atoms with Gasteiger partial charge in [0, 0.05) is 22.5 Å². The van der Waals surface area contributed by atoms with Crippen molar-refractivity contribution in [2.24, 2.45) is 0 Å². The first-order valence-electron chi connectivity index (χ1n) is 19.1. The number of nitrogens with one attached hydrogen (secondary N) is 2. The molecule has 6 nitrogen and oxygen atoms in total. The number of rotatable bonds is 12. The molecule has 4 aromatic carbocycles. The molecule has 7 heteroatoms. The molecule has 4 rings (SSSR count). The van der Waals surface area contributed by atoms with E-state index >= 15 is 0 Å². The van der Waals surface area contributed by atoms with Crippen molar-refractivity contribution in [2.75, 3.05) is 36.8 Å². The molecule has 0 aliphatic carbocycles. The zero-order valence-electron chi connectivity index (χ0n) is 34.6. The van der Waals surface area contributed by atoms with Crippen molar-refractivity contribution in [1.82, 2.24) is 0 Å². The molecular weight excluding hydrogens is 688 g/mol. The summed E-state index contributed by atoms with van der Waals surface area (Å²) >= 11 is 0. The Morgan fingerprint density at radius 1 is 0.434 bits per heavy atom. The van der Waals surface area contributed by atoms with E-state index in [1.807, 2.05) is 88.4 Å². The fourth-order valence-corrected chi connectivity index (χ4v) is 5.39. The van der Waals surface area contributed by atoms with Gasteiger partial charge >= 0.3 is 21.7 Å². The van der Waals surface area contributed by atoms with Gasteiger partial charge in [0.05, 0.1) is 0 Å². The first kappa shape index (κ1) is 49.5. The zero-order chi connectivity index (χ0) is 39.1. The van der Waals surface area contributed by atoms with E-state index in [-0.39, 0.29) is 33.5 Å². The fraction of sp³-hybridized carbons (Fsp3) is 0.435. The molecule has 53 heavy (non-hydrogen) atoms. The van der Waals surface area contributed by atoms with E-state index in [4.69, 9.17) is 0 Å². The van der Waals surface area contributed by atoms with Crippen molar-refractivity contribution in [3.05, 3.63) is 141 Å². The third-order valence-electron chi connectivity index (χ3n) is 8.19. The van der Waals surface area contributed by atoms with Gasteiger partial charge in [-0.15, -0.1) is 0 Å². The summed E-state index contributed by atoms with van der Waals surface area (Å²) in [5.41, 5.74) is 8.05. The van der Waals surface area contributed by atoms with E-state index in [1.165, 1.54) is 22.3 Å². The second-order valence-corrected chi connectivity index (χ2v) is 13.6. The normalized spacial score (nSPS) is 10.3. The van der Waals surface area contributed by atoms with Crippen molar-refractivity contribution in [3.8, 4) is 0 Å². The Balaban J connectivity index is 0.000000802. The molecule has 0 aromatic heterocycles. The average molecular weight is 755 g/mol. The number of nitrogens with zero attached hydrogens (tertiary/aromatic N) is 2. The molecule has 2 amide bonds. The van der Waals surface area contributed by atoms with Crippen LogP contribution in [0.4, 0.5) is 11.4 Å². The SMILES string of the molecule is CC(C)c1cccc(C(C)C)c1NC(=O)c1ccccc1.CC(C)c1cccc(C(C)C)c1NC(=O)c1ccccc1.CC[N-]CC.CC[N-]CC.[Ti+2]. The third kappa shape index (κ3) is 17.9. The zero-order valence-corrected chi connectivity index (χ0v) is 36.1. The molecule has 0 radical (unpaired) electrons. The quantitative estimate of drug-likeness (QED) is 0.141. The predicted molar refractivity (Wildman–Crippen MR) is 227 cm³/mol. The van der Waals surface area contributed by atoms with E-state index < -0.39 is 0 Å². The monoisotopic (exact) mass is 754 g/mol. The van der Waals surface area contributed by atoms with Crippen LogP contribution in [0.5, 0.6) is 0 Å². The fourth-order valence-electron chi connectivity index (χ4n) is 5.39. The molecule has 0 atom stereocenters. The summed E-state index contributed by atoms with van der Waals surface area (Å²) in [6.07, 6.45) is 0. The van der Waals surface area contributed by atoms with E-state index in [1.54, 1.807) is 0 Å². The van der Waals surface area contributed by atoms with Gasteiger partial charge in [0.1, 0.15) is 0 Å². The molecule has 0 unspecified atom stereocenters. The van der Waals surface area contributed by atoms with Crippen LogP contribution in [0, 0.1) is 0 Å².